The van der Waals surface area contributed by atoms with Crippen molar-refractivity contribution in [2.24, 2.45) is 4.99 Å². The van der Waals surface area contributed by atoms with Crippen LogP contribution in [0.3, 0.4) is 0 Å². The molecule has 1 atom stereocenters. The number of carbonyl (C=O) groups excluding carboxylic acids is 1. The standard InChI is InChI=1S/C13H19N3O4/c1-3-8-6-16(11(19)5-15-13(8)14-2)12-4-9(18)10(7-17)20-12/h6,12,17-18H,3-5,7H2,1-2H3,(H,14,15). The summed E-state index contributed by atoms with van der Waals surface area (Å²) in [5.41, 5.74) is 0.888. The van der Waals surface area contributed by atoms with E-state index in [1.54, 1.807) is 13.2 Å². The fourth-order valence-electron chi connectivity index (χ4n) is 2.23. The first-order valence-electron chi connectivity index (χ1n) is 6.52. The molecule has 0 radical (unpaired) electrons. The van der Waals surface area contributed by atoms with Gasteiger partial charge >= 0.3 is 0 Å². The highest BCUT2D eigenvalue weighted by Gasteiger charge is 2.33. The second-order valence-electron chi connectivity index (χ2n) is 4.54. The molecule has 2 heterocycles. The van der Waals surface area contributed by atoms with Crippen LogP contribution in [0, 0.1) is 0 Å². The van der Waals surface area contributed by atoms with Crippen LogP contribution in [-0.4, -0.2) is 53.3 Å². The Labute approximate surface area is 117 Å². The fourth-order valence-corrected chi connectivity index (χ4v) is 2.23. The number of amidine groups is 1. The van der Waals surface area contributed by atoms with E-state index in [4.69, 9.17) is 9.84 Å². The van der Waals surface area contributed by atoms with Crippen LogP contribution in [0.25, 0.3) is 0 Å². The van der Waals surface area contributed by atoms with Crippen molar-refractivity contribution in [1.82, 2.24) is 10.2 Å². The number of aliphatic hydroxyl groups excluding tert-OH is 2. The highest BCUT2D eigenvalue weighted by Crippen LogP contribution is 2.27. The van der Waals surface area contributed by atoms with E-state index in [0.29, 0.717) is 12.3 Å². The van der Waals surface area contributed by atoms with Gasteiger partial charge in [-0.3, -0.25) is 14.7 Å². The van der Waals surface area contributed by atoms with E-state index in [0.717, 1.165) is 5.57 Å². The summed E-state index contributed by atoms with van der Waals surface area (Å²) < 4.78 is 5.42. The molecule has 0 aliphatic carbocycles. The largest absolute Gasteiger partial charge is 0.508 e. The van der Waals surface area contributed by atoms with E-state index in [1.807, 2.05) is 6.92 Å². The zero-order valence-corrected chi connectivity index (χ0v) is 11.6. The Bertz CT molecular complexity index is 496. The first kappa shape index (κ1) is 14.4. The highest BCUT2D eigenvalue weighted by molar-refractivity contribution is 6.01. The van der Waals surface area contributed by atoms with E-state index >= 15 is 0 Å². The Kier molecular flexibility index (Phi) is 4.29. The van der Waals surface area contributed by atoms with Crippen LogP contribution in [-0.2, 0) is 9.53 Å². The lowest BCUT2D eigenvalue weighted by Gasteiger charge is -2.24. The number of hydrogen-bond donors (Lipinski definition) is 3. The zero-order chi connectivity index (χ0) is 14.7. The minimum atomic E-state index is -0.621. The molecule has 2 aliphatic heterocycles. The lowest BCUT2D eigenvalue weighted by Crippen LogP contribution is -2.40. The molecular formula is C13H19N3O4. The van der Waals surface area contributed by atoms with E-state index in [-0.39, 0.29) is 37.0 Å². The van der Waals surface area contributed by atoms with E-state index in [2.05, 4.69) is 10.3 Å². The second-order valence-corrected chi connectivity index (χ2v) is 4.54. The van der Waals surface area contributed by atoms with Crippen molar-refractivity contribution >= 4 is 11.7 Å². The maximum absolute atomic E-state index is 12.1. The number of nitrogens with one attached hydrogen (secondary N) is 1. The van der Waals surface area contributed by atoms with Gasteiger partial charge in [-0.25, -0.2) is 0 Å². The Morgan fingerprint density at radius 1 is 1.60 bits per heavy atom. The van der Waals surface area contributed by atoms with Crippen molar-refractivity contribution < 1.29 is 19.7 Å². The van der Waals surface area contributed by atoms with Crippen molar-refractivity contribution in [3.63, 3.8) is 0 Å². The minimum absolute atomic E-state index is 0.0154. The number of ether oxygens (including phenoxy) is 1. The van der Waals surface area contributed by atoms with Crippen molar-refractivity contribution in [3.05, 3.63) is 23.3 Å². The Morgan fingerprint density at radius 3 is 2.90 bits per heavy atom. The van der Waals surface area contributed by atoms with Crippen LogP contribution < -0.4 is 5.32 Å². The predicted molar refractivity (Wildman–Crippen MR) is 72.8 cm³/mol. The molecule has 110 valence electrons. The Morgan fingerprint density at radius 2 is 2.35 bits per heavy atom. The number of amides is 1. The van der Waals surface area contributed by atoms with Gasteiger partial charge in [-0.15, -0.1) is 0 Å². The number of aliphatic hydroxyl groups is 2. The molecule has 7 heteroatoms. The first-order valence-corrected chi connectivity index (χ1v) is 6.52. The summed E-state index contributed by atoms with van der Waals surface area (Å²) in [6.45, 7) is 1.70. The molecule has 1 amide bonds. The lowest BCUT2D eigenvalue weighted by molar-refractivity contribution is -0.135. The van der Waals surface area contributed by atoms with Gasteiger partial charge in [-0.05, 0) is 6.42 Å². The molecule has 0 aromatic carbocycles. The maximum Gasteiger partial charge on any atom is 0.248 e. The normalized spacial score (nSPS) is 25.4. The molecule has 2 aliphatic rings. The van der Waals surface area contributed by atoms with Crippen LogP contribution in [0.1, 0.15) is 19.8 Å². The van der Waals surface area contributed by atoms with Gasteiger partial charge in [-0.2, -0.15) is 0 Å². The minimum Gasteiger partial charge on any atom is -0.508 e. The number of hydrogen-bond acceptors (Lipinski definition) is 5. The molecule has 3 N–H and O–H groups in total. The average molecular weight is 281 g/mol. The SMILES string of the molecule is CCC1=CN(C2CC(O)=C(CO)O2)C(=O)CNC1=NC. The molecule has 0 saturated heterocycles. The van der Waals surface area contributed by atoms with Gasteiger partial charge in [0.05, 0.1) is 13.0 Å². The van der Waals surface area contributed by atoms with Crippen molar-refractivity contribution in [2.45, 2.75) is 26.0 Å². The number of carbonyl (C=O) groups is 1. The van der Waals surface area contributed by atoms with E-state index < -0.39 is 6.23 Å². The number of rotatable bonds is 3. The summed E-state index contributed by atoms with van der Waals surface area (Å²) in [6.07, 6.45) is 1.96. The summed E-state index contributed by atoms with van der Waals surface area (Å²) in [4.78, 5) is 17.7. The van der Waals surface area contributed by atoms with Crippen LogP contribution in [0.15, 0.2) is 28.3 Å². The van der Waals surface area contributed by atoms with Gasteiger partial charge in [-0.1, -0.05) is 6.92 Å². The molecule has 0 fully saturated rings. The van der Waals surface area contributed by atoms with Crippen LogP contribution in [0.5, 0.6) is 0 Å². The van der Waals surface area contributed by atoms with Crippen LogP contribution in [0.4, 0.5) is 0 Å². The van der Waals surface area contributed by atoms with Gasteiger partial charge in [0.1, 0.15) is 18.2 Å². The molecule has 7 nitrogen and oxygen atoms in total. The molecule has 0 aromatic heterocycles. The second kappa shape index (κ2) is 5.96. The average Bonchev–Trinajstić information content (AvgIpc) is 2.73. The summed E-state index contributed by atoms with van der Waals surface area (Å²) in [5.74, 6) is 0.613. The Balaban J connectivity index is 2.24. The van der Waals surface area contributed by atoms with E-state index in [1.165, 1.54) is 4.90 Å². The maximum atomic E-state index is 12.1. The summed E-state index contributed by atoms with van der Waals surface area (Å²) in [6, 6.07) is 0. The summed E-state index contributed by atoms with van der Waals surface area (Å²) >= 11 is 0. The molecular weight excluding hydrogens is 262 g/mol. The Hall–Kier alpha value is -2.02. The quantitative estimate of drug-likeness (QED) is 0.689. The van der Waals surface area contributed by atoms with Gasteiger partial charge in [0.15, 0.2) is 12.0 Å². The van der Waals surface area contributed by atoms with Crippen molar-refractivity contribution in [2.75, 3.05) is 20.2 Å². The number of aliphatic imine (C=N–C) groups is 1. The monoisotopic (exact) mass is 281 g/mol. The van der Waals surface area contributed by atoms with Gasteiger partial charge in [0.2, 0.25) is 5.91 Å². The third kappa shape index (κ3) is 2.62. The molecule has 0 spiro atoms. The van der Waals surface area contributed by atoms with Crippen molar-refractivity contribution in [1.29, 1.82) is 0 Å². The lowest BCUT2D eigenvalue weighted by atomic mass is 10.2. The molecule has 2 rings (SSSR count). The number of nitrogens with zero attached hydrogens (tertiary/aromatic N) is 2. The van der Waals surface area contributed by atoms with Gasteiger partial charge in [0.25, 0.3) is 0 Å². The zero-order valence-electron chi connectivity index (χ0n) is 11.6. The first-order chi connectivity index (χ1) is 9.60. The van der Waals surface area contributed by atoms with Crippen LogP contribution >= 0.6 is 0 Å². The third-order valence-corrected chi connectivity index (χ3v) is 3.32. The third-order valence-electron chi connectivity index (χ3n) is 3.32. The summed E-state index contributed by atoms with van der Waals surface area (Å²) in [5, 5.41) is 21.7. The molecule has 20 heavy (non-hydrogen) atoms. The van der Waals surface area contributed by atoms with E-state index in [9.17, 15) is 9.90 Å². The van der Waals surface area contributed by atoms with Crippen LogP contribution in [0.2, 0.25) is 0 Å². The molecule has 0 bridgehead atoms. The van der Waals surface area contributed by atoms with Crippen molar-refractivity contribution in [3.8, 4) is 0 Å². The predicted octanol–water partition coefficient (Wildman–Crippen LogP) is 0.249. The fraction of sp³-hybridized carbons (Fsp3) is 0.538. The summed E-state index contributed by atoms with van der Waals surface area (Å²) in [7, 11) is 1.66. The highest BCUT2D eigenvalue weighted by atomic mass is 16.5. The van der Waals surface area contributed by atoms with Gasteiger partial charge in [0, 0.05) is 18.8 Å². The molecule has 1 unspecified atom stereocenters. The van der Waals surface area contributed by atoms with Gasteiger partial charge < -0.3 is 20.3 Å². The topological polar surface area (TPSA) is 94.4 Å². The smallest absolute Gasteiger partial charge is 0.248 e. The molecule has 0 aromatic rings. The molecule has 0 saturated carbocycles.